The van der Waals surface area contributed by atoms with Crippen LogP contribution >= 0.6 is 0 Å². The summed E-state index contributed by atoms with van der Waals surface area (Å²) in [5, 5.41) is 0. The van der Waals surface area contributed by atoms with E-state index >= 15 is 0 Å². The molecule has 4 aliphatic heterocycles. The van der Waals surface area contributed by atoms with Crippen molar-refractivity contribution < 1.29 is 19.1 Å². The number of rotatable bonds is 3. The lowest BCUT2D eigenvalue weighted by molar-refractivity contribution is -0.143. The van der Waals surface area contributed by atoms with Crippen LogP contribution in [0, 0.1) is 17.8 Å². The molecule has 0 aromatic carbocycles. The third-order valence-electron chi connectivity index (χ3n) is 6.70. The van der Waals surface area contributed by atoms with Gasteiger partial charge in [-0.25, -0.2) is 0 Å². The van der Waals surface area contributed by atoms with E-state index in [0.29, 0.717) is 38.0 Å². The Morgan fingerprint density at radius 2 is 2.07 bits per heavy atom. The molecule has 0 saturated carbocycles. The van der Waals surface area contributed by atoms with Gasteiger partial charge in [-0.2, -0.15) is 0 Å². The molecule has 7 heteroatoms. The Morgan fingerprint density at radius 3 is 2.79 bits per heavy atom. The maximum Gasteiger partial charge on any atom is 0.229 e. The molecule has 4 aliphatic rings. The van der Waals surface area contributed by atoms with Gasteiger partial charge in [0.1, 0.15) is 5.60 Å². The Balaban J connectivity index is 1.27. The van der Waals surface area contributed by atoms with Gasteiger partial charge in [0.15, 0.2) is 5.78 Å². The third kappa shape index (κ3) is 2.45. The molecule has 1 aromatic heterocycles. The number of hydrogen-bond donors (Lipinski definition) is 0. The van der Waals surface area contributed by atoms with E-state index in [0.717, 1.165) is 0 Å². The van der Waals surface area contributed by atoms with Gasteiger partial charge in [-0.15, -0.1) is 0 Å². The van der Waals surface area contributed by atoms with Gasteiger partial charge in [-0.05, 0) is 25.0 Å². The van der Waals surface area contributed by atoms with Gasteiger partial charge >= 0.3 is 0 Å². The van der Waals surface area contributed by atoms with Crippen LogP contribution in [-0.2, 0) is 14.3 Å². The van der Waals surface area contributed by atoms with Crippen molar-refractivity contribution in [3.63, 3.8) is 0 Å². The summed E-state index contributed by atoms with van der Waals surface area (Å²) in [4.78, 5) is 46.1. The van der Waals surface area contributed by atoms with Crippen LogP contribution in [0.1, 0.15) is 23.2 Å². The van der Waals surface area contributed by atoms with Crippen molar-refractivity contribution in [3.05, 3.63) is 42.2 Å². The number of piperidine rings is 1. The molecule has 28 heavy (non-hydrogen) atoms. The lowest BCUT2D eigenvalue weighted by Gasteiger charge is -2.35. The topological polar surface area (TPSA) is 79.8 Å². The van der Waals surface area contributed by atoms with Crippen molar-refractivity contribution in [2.75, 3.05) is 26.7 Å². The quantitative estimate of drug-likeness (QED) is 0.575. The fourth-order valence-corrected chi connectivity index (χ4v) is 5.29. The zero-order valence-corrected chi connectivity index (χ0v) is 15.8. The Bertz CT molecular complexity index is 862. The molecular formula is C21H23N3O4. The average Bonchev–Trinajstić information content (AvgIpc) is 3.36. The molecule has 7 nitrogen and oxygen atoms in total. The standard InChI is InChI=1S/C21H23N3O4/c1-23-12-21-7-4-15(28-21)16(17(21)20(23)27)19(26)24-9-5-13(6-10-24)18(25)14-3-2-8-22-11-14/h2-4,7-8,11,13,15-17H,5-6,9-10,12H2,1H3/t15-,16-,17+,21-/m1/s1. The number of likely N-dealkylation sites (N-methyl/N-ethyl adjacent to an activating group) is 1. The second-order valence-electron chi connectivity index (χ2n) is 8.30. The molecule has 4 atom stereocenters. The molecule has 0 N–H and O–H groups in total. The van der Waals surface area contributed by atoms with Crippen molar-refractivity contribution in [2.24, 2.45) is 17.8 Å². The number of ether oxygens (including phenoxy) is 1. The van der Waals surface area contributed by atoms with Gasteiger partial charge in [-0.1, -0.05) is 12.2 Å². The van der Waals surface area contributed by atoms with E-state index in [-0.39, 0.29) is 29.6 Å². The second-order valence-corrected chi connectivity index (χ2v) is 8.30. The van der Waals surface area contributed by atoms with Crippen LogP contribution in [0.4, 0.5) is 0 Å². The molecule has 1 spiro atoms. The zero-order chi connectivity index (χ0) is 19.5. The van der Waals surface area contributed by atoms with E-state index in [4.69, 9.17) is 4.74 Å². The number of hydrogen-bond acceptors (Lipinski definition) is 5. The molecule has 0 aliphatic carbocycles. The number of Topliss-reactive ketones (excluding diaryl/α,β-unsaturated/α-hetero) is 1. The predicted octanol–water partition coefficient (Wildman–Crippen LogP) is 0.915. The Labute approximate surface area is 163 Å². The third-order valence-corrected chi connectivity index (χ3v) is 6.70. The van der Waals surface area contributed by atoms with Crippen LogP contribution in [0.15, 0.2) is 36.7 Å². The number of likely N-dealkylation sites (tertiary alicyclic amines) is 2. The van der Waals surface area contributed by atoms with Crippen LogP contribution < -0.4 is 0 Å². The number of ketones is 1. The molecule has 1 aromatic rings. The van der Waals surface area contributed by atoms with Gasteiger partial charge in [0.25, 0.3) is 0 Å². The minimum absolute atomic E-state index is 0.00755. The maximum absolute atomic E-state index is 13.3. The van der Waals surface area contributed by atoms with E-state index in [9.17, 15) is 14.4 Å². The molecule has 2 bridgehead atoms. The summed E-state index contributed by atoms with van der Waals surface area (Å²) in [6.45, 7) is 1.58. The van der Waals surface area contributed by atoms with Crippen LogP contribution in [0.5, 0.6) is 0 Å². The van der Waals surface area contributed by atoms with Gasteiger partial charge in [0.05, 0.1) is 24.5 Å². The van der Waals surface area contributed by atoms with Crippen LogP contribution in [-0.4, -0.2) is 70.8 Å². The highest BCUT2D eigenvalue weighted by Gasteiger charge is 2.66. The molecule has 0 unspecified atom stereocenters. The van der Waals surface area contributed by atoms with Gasteiger partial charge in [0, 0.05) is 44.0 Å². The number of amides is 2. The normalized spacial score (nSPS) is 34.2. The highest BCUT2D eigenvalue weighted by molar-refractivity contribution is 5.98. The Morgan fingerprint density at radius 1 is 1.29 bits per heavy atom. The minimum atomic E-state index is -0.634. The molecule has 0 radical (unpaired) electrons. The lowest BCUT2D eigenvalue weighted by Crippen LogP contribution is -2.48. The van der Waals surface area contributed by atoms with Crippen LogP contribution in [0.3, 0.4) is 0 Å². The van der Waals surface area contributed by atoms with Crippen LogP contribution in [0.2, 0.25) is 0 Å². The molecule has 5 heterocycles. The second kappa shape index (κ2) is 6.24. The smallest absolute Gasteiger partial charge is 0.229 e. The van der Waals surface area contributed by atoms with Gasteiger partial charge in [-0.3, -0.25) is 19.4 Å². The lowest BCUT2D eigenvalue weighted by atomic mass is 9.76. The number of carbonyl (C=O) groups is 3. The molecule has 3 fully saturated rings. The summed E-state index contributed by atoms with van der Waals surface area (Å²) < 4.78 is 6.08. The number of nitrogens with zero attached hydrogens (tertiary/aromatic N) is 3. The Hall–Kier alpha value is -2.54. The Kier molecular flexibility index (Phi) is 3.91. The molecule has 2 amide bonds. The summed E-state index contributed by atoms with van der Waals surface area (Å²) in [6, 6.07) is 3.55. The zero-order valence-electron chi connectivity index (χ0n) is 15.8. The van der Waals surface area contributed by atoms with Crippen molar-refractivity contribution in [3.8, 4) is 0 Å². The first-order valence-corrected chi connectivity index (χ1v) is 9.85. The SMILES string of the molecule is CN1C[C@@]23C=C[C@@H](O2)[C@@H](C(=O)N2CCC(C(=O)c4cccnc4)CC2)[C@H]3C1=O. The summed E-state index contributed by atoms with van der Waals surface area (Å²) >= 11 is 0. The molecule has 5 rings (SSSR count). The highest BCUT2D eigenvalue weighted by Crippen LogP contribution is 2.52. The first kappa shape index (κ1) is 17.6. The molecule has 146 valence electrons. The number of fused-ring (bicyclic) bond motifs is 1. The van der Waals surface area contributed by atoms with Crippen molar-refractivity contribution in [2.45, 2.75) is 24.5 Å². The molecular weight excluding hydrogens is 358 g/mol. The summed E-state index contributed by atoms with van der Waals surface area (Å²) in [7, 11) is 1.76. The van der Waals surface area contributed by atoms with Crippen LogP contribution in [0.25, 0.3) is 0 Å². The largest absolute Gasteiger partial charge is 0.360 e. The fourth-order valence-electron chi connectivity index (χ4n) is 5.29. The summed E-state index contributed by atoms with van der Waals surface area (Å²) in [6.07, 6.45) is 8.11. The van der Waals surface area contributed by atoms with E-state index in [1.165, 1.54) is 0 Å². The number of carbonyl (C=O) groups excluding carboxylic acids is 3. The predicted molar refractivity (Wildman–Crippen MR) is 99.2 cm³/mol. The monoisotopic (exact) mass is 381 g/mol. The minimum Gasteiger partial charge on any atom is -0.360 e. The summed E-state index contributed by atoms with van der Waals surface area (Å²) in [5.74, 6) is -0.889. The fraction of sp³-hybridized carbons (Fsp3) is 0.524. The van der Waals surface area contributed by atoms with Crippen molar-refractivity contribution in [1.29, 1.82) is 0 Å². The molecule has 3 saturated heterocycles. The summed E-state index contributed by atoms with van der Waals surface area (Å²) in [5.41, 5.74) is -0.00809. The van der Waals surface area contributed by atoms with Gasteiger partial charge < -0.3 is 14.5 Å². The first-order valence-electron chi connectivity index (χ1n) is 9.85. The highest BCUT2D eigenvalue weighted by atomic mass is 16.5. The van der Waals surface area contributed by atoms with E-state index < -0.39 is 17.4 Å². The van der Waals surface area contributed by atoms with Crippen molar-refractivity contribution in [1.82, 2.24) is 14.8 Å². The van der Waals surface area contributed by atoms with E-state index in [2.05, 4.69) is 4.98 Å². The number of pyridine rings is 1. The van der Waals surface area contributed by atoms with E-state index in [1.54, 1.807) is 36.5 Å². The number of aromatic nitrogens is 1. The van der Waals surface area contributed by atoms with Crippen molar-refractivity contribution >= 4 is 17.6 Å². The van der Waals surface area contributed by atoms with Gasteiger partial charge in [0.2, 0.25) is 11.8 Å². The first-order chi connectivity index (χ1) is 13.5. The average molecular weight is 381 g/mol. The maximum atomic E-state index is 13.3. The van der Waals surface area contributed by atoms with E-state index in [1.807, 2.05) is 17.1 Å².